The molecule has 1 aliphatic rings. The lowest BCUT2D eigenvalue weighted by atomic mass is 10.2. The van der Waals surface area contributed by atoms with Crippen LogP contribution in [-0.2, 0) is 10.0 Å². The molecule has 0 unspecified atom stereocenters. The molecule has 1 fully saturated rings. The number of sulfonamides is 1. The summed E-state index contributed by atoms with van der Waals surface area (Å²) in [7, 11) is -3.49. The highest BCUT2D eigenvalue weighted by Crippen LogP contribution is 2.22. The maximum absolute atomic E-state index is 12.6. The van der Waals surface area contributed by atoms with Gasteiger partial charge in [0, 0.05) is 17.6 Å². The fourth-order valence-corrected chi connectivity index (χ4v) is 4.47. The molecule has 0 spiro atoms. The Morgan fingerprint density at radius 1 is 0.920 bits per heavy atom. The van der Waals surface area contributed by atoms with Gasteiger partial charge in [0.1, 0.15) is 5.75 Å². The first kappa shape index (κ1) is 18.1. The van der Waals surface area contributed by atoms with Crippen molar-refractivity contribution in [1.29, 1.82) is 0 Å². The Morgan fingerprint density at radius 2 is 1.52 bits per heavy atom. The number of nitrogens with zero attached hydrogens (tertiary/aromatic N) is 1. The van der Waals surface area contributed by atoms with Crippen LogP contribution in [0, 0.1) is 0 Å². The maximum Gasteiger partial charge on any atom is 0.343 e. The van der Waals surface area contributed by atoms with Crippen LogP contribution in [0.2, 0.25) is 0 Å². The van der Waals surface area contributed by atoms with Crippen LogP contribution in [0.25, 0.3) is 0 Å². The van der Waals surface area contributed by atoms with Gasteiger partial charge in [0.25, 0.3) is 0 Å². The van der Waals surface area contributed by atoms with Crippen LogP contribution in [0.1, 0.15) is 29.6 Å². The first-order valence-electron chi connectivity index (χ1n) is 8.05. The van der Waals surface area contributed by atoms with Gasteiger partial charge in [-0.1, -0.05) is 22.4 Å². The highest BCUT2D eigenvalue weighted by Gasteiger charge is 2.26. The average molecular weight is 424 g/mol. The minimum atomic E-state index is -3.49. The number of rotatable bonds is 4. The van der Waals surface area contributed by atoms with Crippen molar-refractivity contribution in [2.45, 2.75) is 24.2 Å². The van der Waals surface area contributed by atoms with Crippen LogP contribution in [0.5, 0.6) is 5.75 Å². The minimum absolute atomic E-state index is 0.203. The number of halogens is 1. The standard InChI is InChI=1S/C18H18BrNO4S/c19-15-6-8-16(9-7-15)24-18(21)14-4-10-17(11-5-14)25(22,23)20-12-2-1-3-13-20/h4-11H,1-3,12-13H2. The maximum atomic E-state index is 12.6. The highest BCUT2D eigenvalue weighted by molar-refractivity contribution is 9.10. The molecule has 0 radical (unpaired) electrons. The molecule has 0 saturated carbocycles. The Kier molecular flexibility index (Phi) is 5.56. The SMILES string of the molecule is O=C(Oc1ccc(Br)cc1)c1ccc(S(=O)(=O)N2CCCCC2)cc1. The zero-order chi connectivity index (χ0) is 17.9. The van der Waals surface area contributed by atoms with Gasteiger partial charge in [-0.25, -0.2) is 13.2 Å². The topological polar surface area (TPSA) is 63.7 Å². The second-order valence-corrected chi connectivity index (χ2v) is 8.69. The summed E-state index contributed by atoms with van der Waals surface area (Å²) in [5, 5.41) is 0. The molecule has 1 saturated heterocycles. The molecule has 0 aromatic heterocycles. The molecule has 3 rings (SSSR count). The summed E-state index contributed by atoms with van der Waals surface area (Å²) in [4.78, 5) is 12.4. The van der Waals surface area contributed by atoms with E-state index in [0.717, 1.165) is 23.7 Å². The summed E-state index contributed by atoms with van der Waals surface area (Å²) in [6.07, 6.45) is 2.83. The van der Waals surface area contributed by atoms with Gasteiger partial charge in [-0.15, -0.1) is 0 Å². The number of esters is 1. The summed E-state index contributed by atoms with van der Waals surface area (Å²) in [5.41, 5.74) is 0.306. The van der Waals surface area contributed by atoms with Crippen LogP contribution in [0.15, 0.2) is 57.9 Å². The molecule has 1 heterocycles. The van der Waals surface area contributed by atoms with Gasteiger partial charge in [-0.05, 0) is 61.4 Å². The third kappa shape index (κ3) is 4.29. The number of hydrogen-bond acceptors (Lipinski definition) is 4. The van der Waals surface area contributed by atoms with E-state index in [2.05, 4.69) is 15.9 Å². The Bertz CT molecular complexity index is 842. The van der Waals surface area contributed by atoms with Gasteiger partial charge in [-0.3, -0.25) is 0 Å². The molecule has 0 N–H and O–H groups in total. The molecular formula is C18H18BrNO4S. The van der Waals surface area contributed by atoms with Gasteiger partial charge in [-0.2, -0.15) is 4.31 Å². The van der Waals surface area contributed by atoms with E-state index in [1.54, 1.807) is 24.3 Å². The van der Waals surface area contributed by atoms with Gasteiger partial charge in [0.05, 0.1) is 10.5 Å². The van der Waals surface area contributed by atoms with Crippen molar-refractivity contribution >= 4 is 31.9 Å². The summed E-state index contributed by atoms with van der Waals surface area (Å²) >= 11 is 3.31. The summed E-state index contributed by atoms with van der Waals surface area (Å²) < 4.78 is 32.9. The van der Waals surface area contributed by atoms with Crippen molar-refractivity contribution in [2.75, 3.05) is 13.1 Å². The van der Waals surface area contributed by atoms with E-state index in [4.69, 9.17) is 4.74 Å². The van der Waals surface area contributed by atoms with Crippen LogP contribution in [0.3, 0.4) is 0 Å². The second kappa shape index (κ2) is 7.68. The number of carbonyl (C=O) groups excluding carboxylic acids is 1. The van der Waals surface area contributed by atoms with Crippen molar-refractivity contribution in [3.8, 4) is 5.75 Å². The fraction of sp³-hybridized carbons (Fsp3) is 0.278. The zero-order valence-corrected chi connectivity index (χ0v) is 15.9. The third-order valence-corrected chi connectivity index (χ3v) is 6.51. The Balaban J connectivity index is 1.73. The quantitative estimate of drug-likeness (QED) is 0.553. The first-order valence-corrected chi connectivity index (χ1v) is 10.3. The lowest BCUT2D eigenvalue weighted by Crippen LogP contribution is -2.35. The Hall–Kier alpha value is -1.70. The molecule has 0 amide bonds. The van der Waals surface area contributed by atoms with Gasteiger partial charge < -0.3 is 4.74 Å². The Labute approximate surface area is 155 Å². The van der Waals surface area contributed by atoms with Crippen molar-refractivity contribution in [3.63, 3.8) is 0 Å². The number of piperidine rings is 1. The monoisotopic (exact) mass is 423 g/mol. The smallest absolute Gasteiger partial charge is 0.343 e. The van der Waals surface area contributed by atoms with E-state index >= 15 is 0 Å². The first-order chi connectivity index (χ1) is 12.0. The fourth-order valence-electron chi connectivity index (χ4n) is 2.69. The van der Waals surface area contributed by atoms with E-state index < -0.39 is 16.0 Å². The molecule has 2 aromatic rings. The molecule has 25 heavy (non-hydrogen) atoms. The predicted molar refractivity (Wildman–Crippen MR) is 98.2 cm³/mol. The van der Waals surface area contributed by atoms with E-state index in [1.807, 2.05) is 0 Å². The largest absolute Gasteiger partial charge is 0.423 e. The number of ether oxygens (including phenoxy) is 1. The molecule has 1 aliphatic heterocycles. The predicted octanol–water partition coefficient (Wildman–Crippen LogP) is 3.84. The van der Waals surface area contributed by atoms with E-state index in [0.29, 0.717) is 24.4 Å². The molecule has 7 heteroatoms. The number of carbonyl (C=O) groups is 1. The normalized spacial score (nSPS) is 15.7. The molecular weight excluding hydrogens is 406 g/mol. The highest BCUT2D eigenvalue weighted by atomic mass is 79.9. The van der Waals surface area contributed by atoms with Crippen LogP contribution < -0.4 is 4.74 Å². The van der Waals surface area contributed by atoms with Crippen LogP contribution in [0.4, 0.5) is 0 Å². The minimum Gasteiger partial charge on any atom is -0.423 e. The summed E-state index contributed by atoms with van der Waals surface area (Å²) in [6, 6.07) is 12.8. The third-order valence-electron chi connectivity index (χ3n) is 4.07. The van der Waals surface area contributed by atoms with E-state index in [1.165, 1.54) is 28.6 Å². The van der Waals surface area contributed by atoms with Gasteiger partial charge in [0.2, 0.25) is 10.0 Å². The van der Waals surface area contributed by atoms with E-state index in [9.17, 15) is 13.2 Å². The van der Waals surface area contributed by atoms with Crippen molar-refractivity contribution in [3.05, 3.63) is 58.6 Å². The lowest BCUT2D eigenvalue weighted by Gasteiger charge is -2.25. The number of hydrogen-bond donors (Lipinski definition) is 0. The molecule has 132 valence electrons. The van der Waals surface area contributed by atoms with Gasteiger partial charge >= 0.3 is 5.97 Å². The lowest BCUT2D eigenvalue weighted by molar-refractivity contribution is 0.0734. The number of benzene rings is 2. The van der Waals surface area contributed by atoms with Crippen molar-refractivity contribution in [2.24, 2.45) is 0 Å². The zero-order valence-electron chi connectivity index (χ0n) is 13.5. The summed E-state index contributed by atoms with van der Waals surface area (Å²) in [5.74, 6) is -0.0949. The van der Waals surface area contributed by atoms with Gasteiger partial charge in [0.15, 0.2) is 0 Å². The molecule has 2 aromatic carbocycles. The molecule has 0 bridgehead atoms. The van der Waals surface area contributed by atoms with Crippen molar-refractivity contribution in [1.82, 2.24) is 4.31 Å². The molecule has 5 nitrogen and oxygen atoms in total. The van der Waals surface area contributed by atoms with Crippen molar-refractivity contribution < 1.29 is 17.9 Å². The molecule has 0 aliphatic carbocycles. The Morgan fingerprint density at radius 3 is 2.12 bits per heavy atom. The summed E-state index contributed by atoms with van der Waals surface area (Å²) in [6.45, 7) is 1.10. The van der Waals surface area contributed by atoms with E-state index in [-0.39, 0.29) is 4.90 Å². The molecule has 0 atom stereocenters. The van der Waals surface area contributed by atoms with Crippen LogP contribution >= 0.6 is 15.9 Å². The average Bonchev–Trinajstić information content (AvgIpc) is 2.64. The van der Waals surface area contributed by atoms with Crippen LogP contribution in [-0.4, -0.2) is 31.8 Å². The second-order valence-electron chi connectivity index (χ2n) is 5.83.